The molecule has 1 atom stereocenters. The lowest BCUT2D eigenvalue weighted by Crippen LogP contribution is -2.32. The van der Waals surface area contributed by atoms with Gasteiger partial charge in [-0.15, -0.1) is 0 Å². The number of rotatable bonds is 6. The molecule has 1 N–H and O–H groups in total. The third-order valence-electron chi connectivity index (χ3n) is 5.18. The molecular formula is C17H33N. The van der Waals surface area contributed by atoms with Crippen LogP contribution in [0.25, 0.3) is 0 Å². The van der Waals surface area contributed by atoms with Gasteiger partial charge in [0, 0.05) is 6.04 Å². The summed E-state index contributed by atoms with van der Waals surface area (Å²) in [5.74, 6) is 2.07. The number of nitrogens with one attached hydrogen (secondary N) is 1. The Morgan fingerprint density at radius 3 is 1.67 bits per heavy atom. The van der Waals surface area contributed by atoms with Crippen molar-refractivity contribution >= 4 is 0 Å². The molecule has 0 spiro atoms. The van der Waals surface area contributed by atoms with Gasteiger partial charge in [0.05, 0.1) is 0 Å². The molecule has 0 aromatic heterocycles. The summed E-state index contributed by atoms with van der Waals surface area (Å²) in [5.41, 5.74) is 0. The second-order valence-corrected chi connectivity index (χ2v) is 6.73. The SMILES string of the molecule is CCNC(CC1CCCCCC1)CC1CCCC1. The molecule has 2 aliphatic rings. The Kier molecular flexibility index (Phi) is 6.54. The van der Waals surface area contributed by atoms with Crippen LogP contribution in [0.5, 0.6) is 0 Å². The molecule has 0 saturated heterocycles. The zero-order valence-corrected chi connectivity index (χ0v) is 12.4. The summed E-state index contributed by atoms with van der Waals surface area (Å²) >= 11 is 0. The van der Waals surface area contributed by atoms with Crippen molar-refractivity contribution in [3.05, 3.63) is 0 Å². The van der Waals surface area contributed by atoms with Crippen LogP contribution in [0.4, 0.5) is 0 Å². The van der Waals surface area contributed by atoms with Gasteiger partial charge in [0.2, 0.25) is 0 Å². The fourth-order valence-electron chi connectivity index (χ4n) is 4.20. The maximum absolute atomic E-state index is 3.78. The molecule has 2 fully saturated rings. The molecule has 1 heteroatoms. The lowest BCUT2D eigenvalue weighted by molar-refractivity contribution is 0.308. The van der Waals surface area contributed by atoms with Crippen molar-refractivity contribution in [1.29, 1.82) is 0 Å². The van der Waals surface area contributed by atoms with Gasteiger partial charge in [0.1, 0.15) is 0 Å². The van der Waals surface area contributed by atoms with Gasteiger partial charge < -0.3 is 5.32 Å². The lowest BCUT2D eigenvalue weighted by Gasteiger charge is -2.25. The van der Waals surface area contributed by atoms with Gasteiger partial charge in [0.15, 0.2) is 0 Å². The molecule has 1 nitrogen and oxygen atoms in total. The van der Waals surface area contributed by atoms with Crippen molar-refractivity contribution in [2.45, 2.75) is 90.0 Å². The Bertz CT molecular complexity index is 200. The van der Waals surface area contributed by atoms with Gasteiger partial charge in [0.25, 0.3) is 0 Å². The van der Waals surface area contributed by atoms with Crippen molar-refractivity contribution in [1.82, 2.24) is 5.32 Å². The average molecular weight is 251 g/mol. The van der Waals surface area contributed by atoms with Crippen LogP contribution in [0, 0.1) is 11.8 Å². The van der Waals surface area contributed by atoms with Gasteiger partial charge in [-0.2, -0.15) is 0 Å². The third-order valence-corrected chi connectivity index (χ3v) is 5.18. The molecule has 0 radical (unpaired) electrons. The van der Waals surface area contributed by atoms with E-state index in [4.69, 9.17) is 0 Å². The highest BCUT2D eigenvalue weighted by molar-refractivity contribution is 4.78. The van der Waals surface area contributed by atoms with Crippen molar-refractivity contribution < 1.29 is 0 Å². The van der Waals surface area contributed by atoms with Crippen LogP contribution in [-0.2, 0) is 0 Å². The second kappa shape index (κ2) is 8.19. The van der Waals surface area contributed by atoms with Crippen LogP contribution in [0.3, 0.4) is 0 Å². The molecule has 0 aromatic rings. The molecule has 0 aliphatic heterocycles. The van der Waals surface area contributed by atoms with E-state index in [2.05, 4.69) is 12.2 Å². The lowest BCUT2D eigenvalue weighted by atomic mass is 9.87. The molecule has 0 amide bonds. The molecule has 0 aromatic carbocycles. The van der Waals surface area contributed by atoms with Crippen LogP contribution in [0.1, 0.15) is 84.0 Å². The summed E-state index contributed by atoms with van der Waals surface area (Å²) in [4.78, 5) is 0. The highest BCUT2D eigenvalue weighted by Gasteiger charge is 2.22. The normalized spacial score (nSPS) is 25.2. The zero-order valence-electron chi connectivity index (χ0n) is 12.4. The summed E-state index contributed by atoms with van der Waals surface area (Å²) in [6.45, 7) is 3.43. The minimum atomic E-state index is 0.821. The van der Waals surface area contributed by atoms with Gasteiger partial charge in [-0.3, -0.25) is 0 Å². The molecule has 18 heavy (non-hydrogen) atoms. The molecule has 106 valence electrons. The summed E-state index contributed by atoms with van der Waals surface area (Å²) in [5, 5.41) is 3.78. The first-order chi connectivity index (χ1) is 8.88. The topological polar surface area (TPSA) is 12.0 Å². The smallest absolute Gasteiger partial charge is 0.00722 e. The average Bonchev–Trinajstić information content (AvgIpc) is 2.73. The summed E-state index contributed by atoms with van der Waals surface area (Å²) in [6, 6.07) is 0.821. The standard InChI is InChI=1S/C17H33N/c1-2-18-17(14-16-11-7-8-12-16)13-15-9-5-3-4-6-10-15/h15-18H,2-14H2,1H3. The predicted octanol–water partition coefficient (Wildman–Crippen LogP) is 4.91. The summed E-state index contributed by atoms with van der Waals surface area (Å²) in [7, 11) is 0. The van der Waals surface area contributed by atoms with Crippen molar-refractivity contribution in [3.63, 3.8) is 0 Å². The second-order valence-electron chi connectivity index (χ2n) is 6.73. The van der Waals surface area contributed by atoms with Crippen LogP contribution in [0.15, 0.2) is 0 Å². The fourth-order valence-corrected chi connectivity index (χ4v) is 4.20. The summed E-state index contributed by atoms with van der Waals surface area (Å²) in [6.07, 6.45) is 17.9. The van der Waals surface area contributed by atoms with Crippen LogP contribution >= 0.6 is 0 Å². The van der Waals surface area contributed by atoms with Crippen molar-refractivity contribution in [2.75, 3.05) is 6.54 Å². The van der Waals surface area contributed by atoms with Crippen molar-refractivity contribution in [2.24, 2.45) is 11.8 Å². The first-order valence-electron chi connectivity index (χ1n) is 8.62. The van der Waals surface area contributed by atoms with Gasteiger partial charge >= 0.3 is 0 Å². The number of hydrogen-bond acceptors (Lipinski definition) is 1. The Morgan fingerprint density at radius 2 is 1.22 bits per heavy atom. The van der Waals surface area contributed by atoms with Gasteiger partial charge in [-0.1, -0.05) is 71.1 Å². The Labute approximate surface area is 114 Å². The molecule has 1 unspecified atom stereocenters. The minimum absolute atomic E-state index is 0.821. The van der Waals surface area contributed by atoms with E-state index in [9.17, 15) is 0 Å². The van der Waals surface area contributed by atoms with E-state index in [-0.39, 0.29) is 0 Å². The molecular weight excluding hydrogens is 218 g/mol. The zero-order chi connectivity index (χ0) is 12.6. The number of hydrogen-bond donors (Lipinski definition) is 1. The van der Waals surface area contributed by atoms with E-state index in [0.717, 1.165) is 24.4 Å². The van der Waals surface area contributed by atoms with Crippen molar-refractivity contribution in [3.8, 4) is 0 Å². The van der Waals surface area contributed by atoms with E-state index >= 15 is 0 Å². The highest BCUT2D eigenvalue weighted by Crippen LogP contribution is 2.32. The largest absolute Gasteiger partial charge is 0.314 e. The Morgan fingerprint density at radius 1 is 0.778 bits per heavy atom. The van der Waals surface area contributed by atoms with Crippen LogP contribution in [-0.4, -0.2) is 12.6 Å². The van der Waals surface area contributed by atoms with Crippen LogP contribution < -0.4 is 5.32 Å². The molecule has 2 saturated carbocycles. The minimum Gasteiger partial charge on any atom is -0.314 e. The van der Waals surface area contributed by atoms with E-state index in [1.807, 2.05) is 0 Å². The molecule has 0 bridgehead atoms. The predicted molar refractivity (Wildman–Crippen MR) is 79.8 cm³/mol. The van der Waals surface area contributed by atoms with E-state index in [0.29, 0.717) is 0 Å². The highest BCUT2D eigenvalue weighted by atomic mass is 14.9. The maximum atomic E-state index is 3.78. The van der Waals surface area contributed by atoms with Gasteiger partial charge in [-0.05, 0) is 31.2 Å². The Hall–Kier alpha value is -0.0400. The molecule has 2 aliphatic carbocycles. The fraction of sp³-hybridized carbons (Fsp3) is 1.00. The molecule has 0 heterocycles. The monoisotopic (exact) mass is 251 g/mol. The van der Waals surface area contributed by atoms with E-state index in [1.165, 1.54) is 77.0 Å². The first kappa shape index (κ1) is 14.4. The Balaban J connectivity index is 1.76. The third kappa shape index (κ3) is 4.91. The quantitative estimate of drug-likeness (QED) is 0.662. The first-order valence-corrected chi connectivity index (χ1v) is 8.62. The van der Waals surface area contributed by atoms with E-state index < -0.39 is 0 Å². The maximum Gasteiger partial charge on any atom is 0.00722 e. The summed E-state index contributed by atoms with van der Waals surface area (Å²) < 4.78 is 0. The van der Waals surface area contributed by atoms with E-state index in [1.54, 1.807) is 0 Å². The van der Waals surface area contributed by atoms with Gasteiger partial charge in [-0.25, -0.2) is 0 Å². The van der Waals surface area contributed by atoms with Crippen LogP contribution in [0.2, 0.25) is 0 Å². The molecule has 2 rings (SSSR count).